The summed E-state index contributed by atoms with van der Waals surface area (Å²) in [4.78, 5) is 4.52. The first kappa shape index (κ1) is 21.2. The van der Waals surface area contributed by atoms with Gasteiger partial charge in [0.05, 0.1) is 13.2 Å². The van der Waals surface area contributed by atoms with Crippen LogP contribution in [0.4, 0.5) is 0 Å². The fourth-order valence-corrected chi connectivity index (χ4v) is 1.44. The molecule has 0 saturated carbocycles. The van der Waals surface area contributed by atoms with Crippen molar-refractivity contribution in [3.8, 4) is 0 Å². The van der Waals surface area contributed by atoms with Gasteiger partial charge in [0, 0.05) is 31.8 Å². The van der Waals surface area contributed by atoms with E-state index in [2.05, 4.69) is 55.6 Å². The monoisotopic (exact) mass is 386 g/mol. The number of rotatable bonds is 7. The quantitative estimate of drug-likeness (QED) is 0.269. The maximum absolute atomic E-state index is 5.10. The number of aliphatic imine (C=N–C) groups is 1. The molecule has 0 bridgehead atoms. The molecule has 0 radical (unpaired) electrons. The molecule has 0 saturated heterocycles. The number of nitrogens with zero attached hydrogens (tertiary/aromatic N) is 1. The molecule has 0 aliphatic rings. The minimum atomic E-state index is 0. The number of guanidine groups is 1. The highest BCUT2D eigenvalue weighted by Crippen LogP contribution is 1.96. The highest BCUT2D eigenvalue weighted by molar-refractivity contribution is 14.0. The number of methoxy groups -OCH3 is 1. The third-order valence-electron chi connectivity index (χ3n) is 2.18. The zero-order chi connectivity index (χ0) is 14.0. The van der Waals surface area contributed by atoms with Crippen LogP contribution in [0.3, 0.4) is 0 Å². The zero-order valence-electron chi connectivity index (χ0n) is 13.2. The summed E-state index contributed by atoms with van der Waals surface area (Å²) < 4.78 is 5.10. The lowest BCUT2D eigenvalue weighted by Crippen LogP contribution is -2.44. The first-order valence-electron chi connectivity index (χ1n) is 6.68. The van der Waals surface area contributed by atoms with Gasteiger partial charge in [-0.3, -0.25) is 4.99 Å². The molecule has 1 unspecified atom stereocenters. The van der Waals surface area contributed by atoms with Gasteiger partial charge < -0.3 is 20.7 Å². The standard InChI is InChI=1S/C13H30N4O.HI/c1-7-14-12(17-11(2)10-18-6)15-8-9-16-13(3,4)5;/h11,16H,7-10H2,1-6H3,(H2,14,15,17);1H. The topological polar surface area (TPSA) is 57.7 Å². The Morgan fingerprint density at radius 3 is 2.42 bits per heavy atom. The lowest BCUT2D eigenvalue weighted by atomic mass is 10.1. The Balaban J connectivity index is 0. The molecule has 0 aromatic heterocycles. The fraction of sp³-hybridized carbons (Fsp3) is 0.923. The van der Waals surface area contributed by atoms with Crippen molar-refractivity contribution < 1.29 is 4.74 Å². The lowest BCUT2D eigenvalue weighted by molar-refractivity contribution is 0.179. The number of nitrogens with one attached hydrogen (secondary N) is 3. The summed E-state index contributed by atoms with van der Waals surface area (Å²) in [7, 11) is 1.70. The van der Waals surface area contributed by atoms with Gasteiger partial charge in [0.1, 0.15) is 0 Å². The minimum absolute atomic E-state index is 0. The average Bonchev–Trinajstić information content (AvgIpc) is 2.23. The van der Waals surface area contributed by atoms with Gasteiger partial charge in [0.2, 0.25) is 0 Å². The van der Waals surface area contributed by atoms with Gasteiger partial charge >= 0.3 is 0 Å². The minimum Gasteiger partial charge on any atom is -0.383 e. The number of halogens is 1. The molecule has 0 heterocycles. The summed E-state index contributed by atoms with van der Waals surface area (Å²) in [5, 5.41) is 9.94. The maximum Gasteiger partial charge on any atom is 0.191 e. The summed E-state index contributed by atoms with van der Waals surface area (Å²) in [5.74, 6) is 0.845. The van der Waals surface area contributed by atoms with Crippen LogP contribution in [0.15, 0.2) is 4.99 Å². The van der Waals surface area contributed by atoms with Crippen molar-refractivity contribution in [2.24, 2.45) is 4.99 Å². The molecular weight excluding hydrogens is 355 g/mol. The second-order valence-electron chi connectivity index (χ2n) is 5.44. The van der Waals surface area contributed by atoms with Crippen LogP contribution in [-0.2, 0) is 4.74 Å². The lowest BCUT2D eigenvalue weighted by Gasteiger charge is -2.20. The SMILES string of the molecule is CCNC(=NCCNC(C)(C)C)NC(C)COC.I. The Bertz CT molecular complexity index is 241. The highest BCUT2D eigenvalue weighted by atomic mass is 127. The third-order valence-corrected chi connectivity index (χ3v) is 2.18. The predicted molar refractivity (Wildman–Crippen MR) is 93.6 cm³/mol. The van der Waals surface area contributed by atoms with Crippen molar-refractivity contribution in [2.45, 2.75) is 46.2 Å². The number of hydrogen-bond donors (Lipinski definition) is 3. The van der Waals surface area contributed by atoms with E-state index in [4.69, 9.17) is 4.74 Å². The molecule has 3 N–H and O–H groups in total. The second kappa shape index (κ2) is 11.7. The van der Waals surface area contributed by atoms with Gasteiger partial charge in [0.25, 0.3) is 0 Å². The molecule has 0 spiro atoms. The van der Waals surface area contributed by atoms with Crippen LogP contribution in [0.25, 0.3) is 0 Å². The molecular formula is C13H31IN4O. The van der Waals surface area contributed by atoms with Crippen molar-refractivity contribution >= 4 is 29.9 Å². The summed E-state index contributed by atoms with van der Waals surface area (Å²) in [6, 6.07) is 0.253. The Hall–Kier alpha value is -0.0800. The van der Waals surface area contributed by atoms with E-state index in [0.29, 0.717) is 6.61 Å². The Kier molecular flexibility index (Phi) is 13.1. The van der Waals surface area contributed by atoms with Crippen molar-refractivity contribution in [3.05, 3.63) is 0 Å². The van der Waals surface area contributed by atoms with Gasteiger partial charge in [-0.1, -0.05) is 0 Å². The molecule has 116 valence electrons. The summed E-state index contributed by atoms with van der Waals surface area (Å²) in [6.45, 7) is 13.8. The van der Waals surface area contributed by atoms with Crippen LogP contribution < -0.4 is 16.0 Å². The largest absolute Gasteiger partial charge is 0.383 e. The average molecular weight is 386 g/mol. The van der Waals surface area contributed by atoms with Crippen molar-refractivity contribution in [1.29, 1.82) is 0 Å². The highest BCUT2D eigenvalue weighted by Gasteiger charge is 2.07. The van der Waals surface area contributed by atoms with E-state index in [-0.39, 0.29) is 35.6 Å². The molecule has 0 aliphatic carbocycles. The van der Waals surface area contributed by atoms with Crippen LogP contribution in [0.5, 0.6) is 0 Å². The van der Waals surface area contributed by atoms with Crippen molar-refractivity contribution in [3.63, 3.8) is 0 Å². The Morgan fingerprint density at radius 1 is 1.32 bits per heavy atom. The van der Waals surface area contributed by atoms with Crippen LogP contribution >= 0.6 is 24.0 Å². The smallest absolute Gasteiger partial charge is 0.191 e. The van der Waals surface area contributed by atoms with Crippen molar-refractivity contribution in [2.75, 3.05) is 33.4 Å². The zero-order valence-corrected chi connectivity index (χ0v) is 15.5. The Labute approximate surface area is 135 Å². The van der Waals surface area contributed by atoms with Gasteiger partial charge in [-0.25, -0.2) is 0 Å². The van der Waals surface area contributed by atoms with Crippen LogP contribution in [-0.4, -0.2) is 50.9 Å². The molecule has 0 aliphatic heterocycles. The van der Waals surface area contributed by atoms with E-state index < -0.39 is 0 Å². The van der Waals surface area contributed by atoms with Crippen molar-refractivity contribution in [1.82, 2.24) is 16.0 Å². The molecule has 5 nitrogen and oxygen atoms in total. The van der Waals surface area contributed by atoms with E-state index in [1.54, 1.807) is 7.11 Å². The first-order valence-corrected chi connectivity index (χ1v) is 6.68. The molecule has 6 heteroatoms. The molecule has 0 aromatic rings. The normalized spacial score (nSPS) is 13.7. The molecule has 0 rings (SSSR count). The fourth-order valence-electron chi connectivity index (χ4n) is 1.44. The van der Waals surface area contributed by atoms with Crippen LogP contribution in [0.2, 0.25) is 0 Å². The van der Waals surface area contributed by atoms with E-state index in [0.717, 1.165) is 25.6 Å². The van der Waals surface area contributed by atoms with E-state index in [1.165, 1.54) is 0 Å². The molecule has 0 fully saturated rings. The molecule has 0 amide bonds. The Morgan fingerprint density at radius 2 is 1.95 bits per heavy atom. The van der Waals surface area contributed by atoms with E-state index in [1.807, 2.05) is 0 Å². The van der Waals surface area contributed by atoms with Gasteiger partial charge in [0.15, 0.2) is 5.96 Å². The van der Waals surface area contributed by atoms with Crippen LogP contribution in [0.1, 0.15) is 34.6 Å². The first-order chi connectivity index (χ1) is 8.39. The van der Waals surface area contributed by atoms with Gasteiger partial charge in [-0.15, -0.1) is 24.0 Å². The molecule has 19 heavy (non-hydrogen) atoms. The third kappa shape index (κ3) is 14.1. The molecule has 1 atom stereocenters. The summed E-state index contributed by atoms with van der Waals surface area (Å²) >= 11 is 0. The summed E-state index contributed by atoms with van der Waals surface area (Å²) in [5.41, 5.74) is 0.143. The van der Waals surface area contributed by atoms with Crippen LogP contribution in [0, 0.1) is 0 Å². The van der Waals surface area contributed by atoms with Gasteiger partial charge in [-0.05, 0) is 34.6 Å². The molecule has 0 aromatic carbocycles. The second-order valence-corrected chi connectivity index (χ2v) is 5.44. The number of ether oxygens (including phenoxy) is 1. The maximum atomic E-state index is 5.10. The van der Waals surface area contributed by atoms with Gasteiger partial charge in [-0.2, -0.15) is 0 Å². The van der Waals surface area contributed by atoms with E-state index >= 15 is 0 Å². The summed E-state index contributed by atoms with van der Waals surface area (Å²) in [6.07, 6.45) is 0. The number of hydrogen-bond acceptors (Lipinski definition) is 3. The van der Waals surface area contributed by atoms with E-state index in [9.17, 15) is 0 Å². The predicted octanol–water partition coefficient (Wildman–Crippen LogP) is 1.58.